The molecule has 2 rings (SSSR count). The molecule has 0 amide bonds. The van der Waals surface area contributed by atoms with Crippen LogP contribution >= 0.6 is 12.9 Å². The Hall–Kier alpha value is -1.04. The first-order valence-corrected chi connectivity index (χ1v) is 5.98. The Kier molecular flexibility index (Phi) is 2.68. The van der Waals surface area contributed by atoms with E-state index in [1.165, 1.54) is 6.07 Å². The van der Waals surface area contributed by atoms with Gasteiger partial charge in [-0.15, -0.1) is 0 Å². The molecule has 15 heavy (non-hydrogen) atoms. The zero-order valence-electron chi connectivity index (χ0n) is 7.62. The number of benzene rings is 2. The highest BCUT2D eigenvalue weighted by atomic mass is 32.3. The van der Waals surface area contributed by atoms with Crippen molar-refractivity contribution in [3.8, 4) is 0 Å². The molecule has 0 fully saturated rings. The first kappa shape index (κ1) is 10.5. The van der Waals surface area contributed by atoms with Gasteiger partial charge in [0.05, 0.1) is 0 Å². The van der Waals surface area contributed by atoms with E-state index in [0.717, 1.165) is 5.39 Å². The number of fused-ring (bicyclic) bond motifs is 1. The average Bonchev–Trinajstić information content (AvgIpc) is 2.28. The predicted octanol–water partition coefficient (Wildman–Crippen LogP) is 2.39. The van der Waals surface area contributed by atoms with Gasteiger partial charge in [-0.2, -0.15) is 12.0 Å². The third kappa shape index (κ3) is 1.86. The third-order valence-electron chi connectivity index (χ3n) is 2.12. The predicted molar refractivity (Wildman–Crippen MR) is 61.2 cm³/mol. The Bertz CT molecular complexity index is 585. The van der Waals surface area contributed by atoms with Crippen molar-refractivity contribution in [1.29, 1.82) is 0 Å². The van der Waals surface area contributed by atoms with Gasteiger partial charge in [-0.25, -0.2) is 0 Å². The molecule has 0 aliphatic carbocycles. The lowest BCUT2D eigenvalue weighted by Crippen LogP contribution is -2.00. The summed E-state index contributed by atoms with van der Waals surface area (Å²) in [6, 6.07) is 12.2. The summed E-state index contributed by atoms with van der Waals surface area (Å²) in [6.07, 6.45) is 0. The highest BCUT2D eigenvalue weighted by Crippen LogP contribution is 2.24. The number of hydrogen-bond donors (Lipinski definition) is 1. The van der Waals surface area contributed by atoms with Crippen LogP contribution in [0.25, 0.3) is 10.8 Å². The van der Waals surface area contributed by atoms with Gasteiger partial charge in [0.2, 0.25) is 0 Å². The van der Waals surface area contributed by atoms with Crippen LogP contribution in [0.15, 0.2) is 47.4 Å². The van der Waals surface area contributed by atoms with E-state index in [9.17, 15) is 8.42 Å². The highest BCUT2D eigenvalue weighted by Gasteiger charge is 2.16. The van der Waals surface area contributed by atoms with Gasteiger partial charge in [-0.05, 0) is 24.4 Å². The summed E-state index contributed by atoms with van der Waals surface area (Å²) in [5.74, 6) is 0. The Morgan fingerprint density at radius 2 is 1.67 bits per heavy atom. The van der Waals surface area contributed by atoms with Crippen molar-refractivity contribution in [3.63, 3.8) is 0 Å². The molecule has 0 saturated carbocycles. The van der Waals surface area contributed by atoms with Crippen LogP contribution in [0.5, 0.6) is 0 Å². The van der Waals surface area contributed by atoms with Gasteiger partial charge in [-0.1, -0.05) is 36.4 Å². The lowest BCUT2D eigenvalue weighted by Gasteiger charge is -2.04. The molecule has 0 aliphatic rings. The molecule has 0 bridgehead atoms. The van der Waals surface area contributed by atoms with Crippen molar-refractivity contribution in [3.05, 3.63) is 42.5 Å². The van der Waals surface area contributed by atoms with E-state index in [-0.39, 0.29) is 4.90 Å². The molecule has 0 heterocycles. The fourth-order valence-electron chi connectivity index (χ4n) is 1.45. The van der Waals surface area contributed by atoms with E-state index in [0.29, 0.717) is 5.39 Å². The molecule has 0 aliphatic heterocycles. The number of hydrogen-bond acceptors (Lipinski definition) is 4. The molecular formula is C10H8O3S2. The molecule has 5 heteroatoms. The summed E-state index contributed by atoms with van der Waals surface area (Å²) in [6.45, 7) is 0. The van der Waals surface area contributed by atoms with Gasteiger partial charge in [-0.3, -0.25) is 0 Å². The largest absolute Gasteiger partial charge is 0.308 e. The van der Waals surface area contributed by atoms with Crippen molar-refractivity contribution in [1.82, 2.24) is 0 Å². The monoisotopic (exact) mass is 240 g/mol. The van der Waals surface area contributed by atoms with Gasteiger partial charge in [0.25, 0.3) is 0 Å². The van der Waals surface area contributed by atoms with Crippen LogP contribution in [0.3, 0.4) is 0 Å². The van der Waals surface area contributed by atoms with E-state index < -0.39 is 10.1 Å². The third-order valence-corrected chi connectivity index (χ3v) is 3.80. The summed E-state index contributed by atoms with van der Waals surface area (Å²) in [4.78, 5) is 0.135. The minimum atomic E-state index is -3.76. The van der Waals surface area contributed by atoms with E-state index in [4.69, 9.17) is 0 Å². The Balaban J connectivity index is 2.83. The van der Waals surface area contributed by atoms with E-state index in [2.05, 4.69) is 16.5 Å². The minimum Gasteiger partial charge on any atom is -0.197 e. The SMILES string of the molecule is O=S(=O)(OS)c1cccc2ccccc12. The lowest BCUT2D eigenvalue weighted by atomic mass is 10.1. The normalized spacial score (nSPS) is 11.8. The topological polar surface area (TPSA) is 43.4 Å². The second-order valence-corrected chi connectivity index (χ2v) is 4.95. The van der Waals surface area contributed by atoms with Gasteiger partial charge < -0.3 is 0 Å². The lowest BCUT2D eigenvalue weighted by molar-refractivity contribution is 0.522. The smallest absolute Gasteiger partial charge is 0.197 e. The maximum Gasteiger partial charge on any atom is 0.308 e. The number of rotatable bonds is 2. The van der Waals surface area contributed by atoms with Crippen molar-refractivity contribution < 1.29 is 12.0 Å². The van der Waals surface area contributed by atoms with Crippen LogP contribution in [-0.2, 0) is 13.7 Å². The van der Waals surface area contributed by atoms with Crippen molar-refractivity contribution >= 4 is 33.8 Å². The zero-order chi connectivity index (χ0) is 10.9. The summed E-state index contributed by atoms with van der Waals surface area (Å²) >= 11 is 3.35. The fourth-order valence-corrected chi connectivity index (χ4v) is 2.48. The van der Waals surface area contributed by atoms with Crippen LogP contribution < -0.4 is 0 Å². The molecule has 0 spiro atoms. The fraction of sp³-hybridized carbons (Fsp3) is 0. The van der Waals surface area contributed by atoms with Crippen LogP contribution in [0.1, 0.15) is 0 Å². The van der Waals surface area contributed by atoms with Crippen molar-refractivity contribution in [2.75, 3.05) is 0 Å². The van der Waals surface area contributed by atoms with Crippen molar-refractivity contribution in [2.24, 2.45) is 0 Å². The van der Waals surface area contributed by atoms with Crippen LogP contribution in [0.4, 0.5) is 0 Å². The highest BCUT2D eigenvalue weighted by molar-refractivity contribution is 7.95. The van der Waals surface area contributed by atoms with E-state index >= 15 is 0 Å². The molecular weight excluding hydrogens is 232 g/mol. The van der Waals surface area contributed by atoms with Gasteiger partial charge in [0.15, 0.2) is 0 Å². The second kappa shape index (κ2) is 3.84. The molecule has 0 unspecified atom stereocenters. The van der Waals surface area contributed by atoms with Crippen LogP contribution in [0, 0.1) is 0 Å². The maximum atomic E-state index is 11.5. The maximum absolute atomic E-state index is 11.5. The second-order valence-electron chi connectivity index (χ2n) is 3.01. The molecule has 0 radical (unpaired) electrons. The summed E-state index contributed by atoms with van der Waals surface area (Å²) < 4.78 is 27.2. The molecule has 3 nitrogen and oxygen atoms in total. The molecule has 0 saturated heterocycles. The van der Waals surface area contributed by atoms with Crippen LogP contribution in [0.2, 0.25) is 0 Å². The zero-order valence-corrected chi connectivity index (χ0v) is 9.33. The first-order chi connectivity index (χ1) is 7.15. The minimum absolute atomic E-state index is 0.135. The van der Waals surface area contributed by atoms with Gasteiger partial charge >= 0.3 is 10.1 Å². The summed E-state index contributed by atoms with van der Waals surface area (Å²) in [7, 11) is -3.76. The summed E-state index contributed by atoms with van der Waals surface area (Å²) in [5.41, 5.74) is 0. The molecule has 0 atom stereocenters. The number of thiol groups is 1. The van der Waals surface area contributed by atoms with Crippen LogP contribution in [-0.4, -0.2) is 8.42 Å². The Morgan fingerprint density at radius 3 is 2.40 bits per heavy atom. The first-order valence-electron chi connectivity index (χ1n) is 4.21. The standard InChI is InChI=1S/C10H8O3S2/c11-15(12,13-14)10-7-3-5-8-4-1-2-6-9(8)10/h1-7,14H. The molecule has 0 N–H and O–H groups in total. The van der Waals surface area contributed by atoms with E-state index in [1.807, 2.05) is 18.2 Å². The quantitative estimate of drug-likeness (QED) is 0.647. The van der Waals surface area contributed by atoms with E-state index in [1.54, 1.807) is 18.2 Å². The summed E-state index contributed by atoms with van der Waals surface area (Å²) in [5, 5.41) is 1.48. The van der Waals surface area contributed by atoms with Gasteiger partial charge in [0, 0.05) is 5.39 Å². The van der Waals surface area contributed by atoms with Crippen molar-refractivity contribution in [2.45, 2.75) is 4.90 Å². The van der Waals surface area contributed by atoms with Gasteiger partial charge in [0.1, 0.15) is 4.90 Å². The molecule has 2 aromatic rings. The molecule has 0 aromatic heterocycles. The Labute approximate surface area is 93.4 Å². The molecule has 2 aromatic carbocycles. The molecule has 78 valence electrons. The Morgan fingerprint density at radius 1 is 1.00 bits per heavy atom. The average molecular weight is 240 g/mol.